The van der Waals surface area contributed by atoms with E-state index in [-0.39, 0.29) is 18.1 Å². The first kappa shape index (κ1) is 20.3. The number of carbonyl (C=O) groups is 1. The number of alkyl halides is 2. The number of carbonyl (C=O) groups excluding carboxylic acids is 1. The molecule has 0 saturated heterocycles. The fourth-order valence-electron chi connectivity index (χ4n) is 3.13. The number of rotatable bonds is 7. The van der Waals surface area contributed by atoms with Crippen LogP contribution < -0.4 is 11.1 Å². The van der Waals surface area contributed by atoms with Crippen LogP contribution in [0.3, 0.4) is 0 Å². The molecule has 0 aromatic carbocycles. The Kier molecular flexibility index (Phi) is 5.28. The highest BCUT2D eigenvalue weighted by Crippen LogP contribution is 2.27. The van der Waals surface area contributed by atoms with Crippen molar-refractivity contribution in [1.29, 1.82) is 0 Å². The Morgan fingerprint density at radius 3 is 2.84 bits per heavy atom. The summed E-state index contributed by atoms with van der Waals surface area (Å²) in [4.78, 5) is 29.3. The molecule has 0 fully saturated rings. The topological polar surface area (TPSA) is 129 Å². The van der Waals surface area contributed by atoms with Gasteiger partial charge in [0.2, 0.25) is 0 Å². The van der Waals surface area contributed by atoms with Crippen LogP contribution in [-0.2, 0) is 13.6 Å². The Labute approximate surface area is 175 Å². The Balaban J connectivity index is 1.70. The van der Waals surface area contributed by atoms with Gasteiger partial charge in [0.15, 0.2) is 11.5 Å². The number of fused-ring (bicyclic) bond motifs is 1. The normalized spacial score (nSPS) is 12.3. The second kappa shape index (κ2) is 8.05. The lowest BCUT2D eigenvalue weighted by Gasteiger charge is -2.10. The number of hydrogen-bond acceptors (Lipinski definition) is 7. The van der Waals surface area contributed by atoms with Crippen LogP contribution in [0, 0.1) is 6.92 Å². The van der Waals surface area contributed by atoms with E-state index in [1.807, 2.05) is 11.6 Å². The quantitative estimate of drug-likeness (QED) is 0.462. The van der Waals surface area contributed by atoms with Crippen LogP contribution in [0.25, 0.3) is 22.3 Å². The van der Waals surface area contributed by atoms with E-state index in [0.717, 1.165) is 5.52 Å². The number of primary amides is 1. The minimum absolute atomic E-state index is 0.0929. The molecular weight excluding hydrogens is 408 g/mol. The molecule has 0 bridgehead atoms. The maximum Gasteiger partial charge on any atom is 0.271 e. The molecule has 12 heteroatoms. The number of hydrogen-bond donors (Lipinski definition) is 2. The molecule has 1 amide bonds. The molecule has 1 atom stereocenters. The zero-order valence-corrected chi connectivity index (χ0v) is 16.8. The van der Waals surface area contributed by atoms with E-state index in [1.165, 1.54) is 17.1 Å². The third kappa shape index (κ3) is 3.91. The van der Waals surface area contributed by atoms with Crippen molar-refractivity contribution < 1.29 is 13.6 Å². The first-order valence-electron chi connectivity index (χ1n) is 9.30. The maximum atomic E-state index is 13.3. The van der Waals surface area contributed by atoms with Crippen LogP contribution in [0.5, 0.6) is 0 Å². The number of amides is 1. The van der Waals surface area contributed by atoms with Crippen molar-refractivity contribution in [2.75, 3.05) is 12.0 Å². The third-order valence-electron chi connectivity index (χ3n) is 4.67. The van der Waals surface area contributed by atoms with Gasteiger partial charge in [-0.2, -0.15) is 5.10 Å². The van der Waals surface area contributed by atoms with E-state index in [9.17, 15) is 13.6 Å². The average Bonchev–Trinajstić information content (AvgIpc) is 3.30. The second-order valence-electron chi connectivity index (χ2n) is 6.95. The van der Waals surface area contributed by atoms with Gasteiger partial charge in [0.1, 0.15) is 18.4 Å². The Bertz CT molecular complexity index is 1270. The van der Waals surface area contributed by atoms with Crippen LogP contribution in [-0.4, -0.2) is 53.0 Å². The number of anilines is 2. The monoisotopic (exact) mass is 427 g/mol. The van der Waals surface area contributed by atoms with E-state index in [4.69, 9.17) is 5.73 Å². The van der Waals surface area contributed by atoms with Gasteiger partial charge in [-0.25, -0.2) is 23.7 Å². The van der Waals surface area contributed by atoms with Gasteiger partial charge in [0, 0.05) is 25.0 Å². The number of imidazole rings is 1. The number of aryl methyl sites for hydroxylation is 2. The number of pyridine rings is 1. The minimum atomic E-state index is -1.66. The van der Waals surface area contributed by atoms with Gasteiger partial charge in [0.25, 0.3) is 5.91 Å². The van der Waals surface area contributed by atoms with Crippen molar-refractivity contribution in [3.05, 3.63) is 42.5 Å². The summed E-state index contributed by atoms with van der Waals surface area (Å²) in [5.74, 6) is -0.674. The molecule has 4 aromatic rings. The van der Waals surface area contributed by atoms with Gasteiger partial charge in [0.05, 0.1) is 47.9 Å². The molecule has 0 aliphatic rings. The zero-order valence-electron chi connectivity index (χ0n) is 16.8. The zero-order chi connectivity index (χ0) is 22.1. The molecule has 160 valence electrons. The lowest BCUT2D eigenvalue weighted by atomic mass is 10.2. The SMILES string of the molecule is Cc1nn(C[C@@H](F)CF)cc1Nc1ncc(-c2cncc3c2ncn3C)nc1C(N)=O. The number of halogens is 2. The number of nitrogens with zero attached hydrogens (tertiary/aromatic N) is 7. The van der Waals surface area contributed by atoms with Crippen molar-refractivity contribution >= 4 is 28.4 Å². The van der Waals surface area contributed by atoms with Crippen LogP contribution in [0.1, 0.15) is 16.2 Å². The highest BCUT2D eigenvalue weighted by molar-refractivity contribution is 5.97. The fraction of sp³-hybridized carbons (Fsp3) is 0.263. The molecule has 3 N–H and O–H groups in total. The van der Waals surface area contributed by atoms with Gasteiger partial charge >= 0.3 is 0 Å². The molecular formula is C19H19F2N9O. The molecule has 4 aromatic heterocycles. The summed E-state index contributed by atoms with van der Waals surface area (Å²) in [5, 5.41) is 7.08. The minimum Gasteiger partial charge on any atom is -0.364 e. The number of aromatic nitrogens is 7. The van der Waals surface area contributed by atoms with E-state index in [0.29, 0.717) is 28.2 Å². The summed E-state index contributed by atoms with van der Waals surface area (Å²) < 4.78 is 28.8. The summed E-state index contributed by atoms with van der Waals surface area (Å²) >= 11 is 0. The summed E-state index contributed by atoms with van der Waals surface area (Å²) in [6.07, 6.45) is 6.23. The molecule has 0 spiro atoms. The van der Waals surface area contributed by atoms with Crippen LogP contribution in [0.4, 0.5) is 20.3 Å². The van der Waals surface area contributed by atoms with E-state index < -0.39 is 18.8 Å². The molecule has 0 aliphatic carbocycles. The number of nitrogens with one attached hydrogen (secondary N) is 1. The van der Waals surface area contributed by atoms with Gasteiger partial charge < -0.3 is 15.6 Å². The summed E-state index contributed by atoms with van der Waals surface area (Å²) in [6, 6.07) is 0. The molecule has 4 rings (SSSR count). The number of nitrogens with two attached hydrogens (primary N) is 1. The molecule has 0 unspecified atom stereocenters. The molecule has 0 saturated carbocycles. The largest absolute Gasteiger partial charge is 0.364 e. The van der Waals surface area contributed by atoms with Crippen LogP contribution in [0.2, 0.25) is 0 Å². The molecule has 0 aliphatic heterocycles. The van der Waals surface area contributed by atoms with E-state index in [1.54, 1.807) is 25.6 Å². The maximum absolute atomic E-state index is 13.3. The van der Waals surface area contributed by atoms with Gasteiger partial charge in [-0.3, -0.25) is 14.5 Å². The predicted molar refractivity (Wildman–Crippen MR) is 109 cm³/mol. The van der Waals surface area contributed by atoms with Crippen molar-refractivity contribution in [2.45, 2.75) is 19.6 Å². The van der Waals surface area contributed by atoms with Crippen LogP contribution >= 0.6 is 0 Å². The lowest BCUT2D eigenvalue weighted by molar-refractivity contribution is 0.0996. The summed E-state index contributed by atoms with van der Waals surface area (Å²) in [7, 11) is 1.84. The molecule has 0 radical (unpaired) electrons. The standard InChI is InChI=1S/C19H19F2N9O/c1-10-14(8-30(28-10)7-11(21)3-20)27-19-17(18(22)31)26-13(5-24-19)12-4-23-6-15-16(12)25-9-29(15)2/h4-6,8-9,11H,3,7H2,1-2H3,(H2,22,31)(H,24,27)/t11-/m0/s1. The Morgan fingerprint density at radius 1 is 1.29 bits per heavy atom. The van der Waals surface area contributed by atoms with Gasteiger partial charge in [-0.1, -0.05) is 0 Å². The highest BCUT2D eigenvalue weighted by Gasteiger charge is 2.18. The average molecular weight is 427 g/mol. The van der Waals surface area contributed by atoms with Crippen molar-refractivity contribution in [2.24, 2.45) is 12.8 Å². The third-order valence-corrected chi connectivity index (χ3v) is 4.67. The second-order valence-corrected chi connectivity index (χ2v) is 6.95. The van der Waals surface area contributed by atoms with E-state index in [2.05, 4.69) is 30.4 Å². The lowest BCUT2D eigenvalue weighted by Crippen LogP contribution is -2.17. The fourth-order valence-corrected chi connectivity index (χ4v) is 3.13. The smallest absolute Gasteiger partial charge is 0.271 e. The summed E-state index contributed by atoms with van der Waals surface area (Å²) in [6.45, 7) is 0.354. The van der Waals surface area contributed by atoms with Gasteiger partial charge in [-0.15, -0.1) is 0 Å². The van der Waals surface area contributed by atoms with Crippen molar-refractivity contribution in [3.63, 3.8) is 0 Å². The Morgan fingerprint density at radius 2 is 2.10 bits per heavy atom. The van der Waals surface area contributed by atoms with E-state index >= 15 is 0 Å². The molecule has 4 heterocycles. The molecule has 10 nitrogen and oxygen atoms in total. The predicted octanol–water partition coefficient (Wildman–Crippen LogP) is 2.08. The van der Waals surface area contributed by atoms with Gasteiger partial charge in [-0.05, 0) is 6.92 Å². The highest BCUT2D eigenvalue weighted by atomic mass is 19.2. The van der Waals surface area contributed by atoms with Crippen molar-refractivity contribution in [3.8, 4) is 11.3 Å². The Hall–Kier alpha value is -3.96. The molecule has 31 heavy (non-hydrogen) atoms. The van der Waals surface area contributed by atoms with Crippen molar-refractivity contribution in [1.82, 2.24) is 34.3 Å². The first-order valence-corrected chi connectivity index (χ1v) is 9.30. The summed E-state index contributed by atoms with van der Waals surface area (Å²) in [5.41, 5.74) is 8.85. The first-order chi connectivity index (χ1) is 14.9. The van der Waals surface area contributed by atoms with Crippen LogP contribution in [0.15, 0.2) is 31.1 Å².